The molecular weight excluding hydrogens is 283 g/mol. The van der Waals surface area contributed by atoms with Gasteiger partial charge >= 0.3 is 12.2 Å². The topological polar surface area (TPSA) is 47.9 Å². The van der Waals surface area contributed by atoms with Crippen molar-refractivity contribution in [2.24, 2.45) is 0 Å². The summed E-state index contributed by atoms with van der Waals surface area (Å²) in [5.74, 6) is 0.342. The van der Waals surface area contributed by atoms with Crippen LogP contribution in [0.5, 0.6) is 11.8 Å². The minimum Gasteiger partial charge on any atom is -0.424 e. The van der Waals surface area contributed by atoms with E-state index in [1.54, 1.807) is 30.5 Å². The highest BCUT2D eigenvalue weighted by atomic mass is 19.4. The Morgan fingerprint density at radius 3 is 2.62 bits per heavy atom. The summed E-state index contributed by atoms with van der Waals surface area (Å²) in [4.78, 5) is 11.2. The fraction of sp³-hybridized carbons (Fsp3) is 0.0714. The molecule has 1 aromatic carbocycles. The van der Waals surface area contributed by atoms with Crippen LogP contribution >= 0.6 is 0 Å². The van der Waals surface area contributed by atoms with Gasteiger partial charge in [0.25, 0.3) is 0 Å². The zero-order valence-electron chi connectivity index (χ0n) is 10.5. The van der Waals surface area contributed by atoms with E-state index in [0.29, 0.717) is 5.75 Å². The fourth-order valence-corrected chi connectivity index (χ4v) is 1.77. The van der Waals surface area contributed by atoms with E-state index in [2.05, 4.69) is 15.0 Å². The van der Waals surface area contributed by atoms with Gasteiger partial charge in [0.15, 0.2) is 5.69 Å². The molecule has 3 rings (SSSR count). The second-order valence-electron chi connectivity index (χ2n) is 4.18. The Balaban J connectivity index is 1.91. The number of hydrogen-bond donors (Lipinski definition) is 0. The van der Waals surface area contributed by atoms with Crippen molar-refractivity contribution in [3.8, 4) is 11.8 Å². The molecule has 0 radical (unpaired) electrons. The number of halogens is 3. The van der Waals surface area contributed by atoms with Crippen LogP contribution in [0.1, 0.15) is 5.69 Å². The number of ether oxygens (including phenoxy) is 1. The molecule has 21 heavy (non-hydrogen) atoms. The molecule has 0 unspecified atom stereocenters. The summed E-state index contributed by atoms with van der Waals surface area (Å²) in [7, 11) is 0. The van der Waals surface area contributed by atoms with Gasteiger partial charge in [0.05, 0.1) is 5.52 Å². The lowest BCUT2D eigenvalue weighted by molar-refractivity contribution is -0.141. The molecule has 2 heterocycles. The van der Waals surface area contributed by atoms with Gasteiger partial charge < -0.3 is 4.74 Å². The maximum Gasteiger partial charge on any atom is 0.433 e. The van der Waals surface area contributed by atoms with Gasteiger partial charge in [-0.2, -0.15) is 18.2 Å². The third-order valence-corrected chi connectivity index (χ3v) is 2.71. The highest BCUT2D eigenvalue weighted by Crippen LogP contribution is 2.29. The Bertz CT molecular complexity index is 790. The van der Waals surface area contributed by atoms with Crippen molar-refractivity contribution in [1.29, 1.82) is 0 Å². The van der Waals surface area contributed by atoms with E-state index in [4.69, 9.17) is 4.74 Å². The SMILES string of the molecule is FC(F)(F)c1ccnc(Oc2ccc3ncccc3c2)n1. The van der Waals surface area contributed by atoms with Crippen LogP contribution in [-0.2, 0) is 6.18 Å². The Labute approximate surface area is 117 Å². The first-order chi connectivity index (χ1) is 10.0. The molecule has 0 aliphatic rings. The predicted molar refractivity (Wildman–Crippen MR) is 68.9 cm³/mol. The molecular formula is C14H8F3N3O. The third-order valence-electron chi connectivity index (χ3n) is 2.71. The normalized spacial score (nSPS) is 11.6. The van der Waals surface area contributed by atoms with Crippen LogP contribution in [0, 0.1) is 0 Å². The molecule has 0 amide bonds. The third kappa shape index (κ3) is 2.91. The number of nitrogens with zero attached hydrogens (tertiary/aromatic N) is 3. The van der Waals surface area contributed by atoms with E-state index in [1.165, 1.54) is 0 Å². The summed E-state index contributed by atoms with van der Waals surface area (Å²) >= 11 is 0. The van der Waals surface area contributed by atoms with Crippen molar-refractivity contribution >= 4 is 10.9 Å². The molecule has 0 saturated heterocycles. The molecule has 0 fully saturated rings. The summed E-state index contributed by atoms with van der Waals surface area (Å²) in [5.41, 5.74) is -0.287. The van der Waals surface area contributed by atoms with Gasteiger partial charge in [0.1, 0.15) is 5.75 Å². The zero-order valence-corrected chi connectivity index (χ0v) is 10.5. The molecule has 0 aliphatic carbocycles. The molecule has 0 N–H and O–H groups in total. The summed E-state index contributed by atoms with van der Waals surface area (Å²) in [6.45, 7) is 0. The number of pyridine rings is 1. The minimum atomic E-state index is -4.53. The smallest absolute Gasteiger partial charge is 0.424 e. The lowest BCUT2D eigenvalue weighted by Gasteiger charge is -2.08. The molecule has 106 valence electrons. The Morgan fingerprint density at radius 1 is 0.952 bits per heavy atom. The predicted octanol–water partition coefficient (Wildman–Crippen LogP) is 3.84. The van der Waals surface area contributed by atoms with Crippen LogP contribution in [0.3, 0.4) is 0 Å². The number of rotatable bonds is 2. The van der Waals surface area contributed by atoms with Crippen molar-refractivity contribution in [1.82, 2.24) is 15.0 Å². The molecule has 0 saturated carbocycles. The lowest BCUT2D eigenvalue weighted by Crippen LogP contribution is -2.08. The zero-order chi connectivity index (χ0) is 14.9. The Morgan fingerprint density at radius 2 is 1.81 bits per heavy atom. The van der Waals surface area contributed by atoms with E-state index < -0.39 is 11.9 Å². The van der Waals surface area contributed by atoms with E-state index in [-0.39, 0.29) is 6.01 Å². The maximum atomic E-state index is 12.6. The molecule has 0 aliphatic heterocycles. The second-order valence-corrected chi connectivity index (χ2v) is 4.18. The Hall–Kier alpha value is -2.70. The number of aromatic nitrogens is 3. The van der Waals surface area contributed by atoms with E-state index in [9.17, 15) is 13.2 Å². The molecule has 0 atom stereocenters. The first kappa shape index (κ1) is 13.3. The van der Waals surface area contributed by atoms with E-state index >= 15 is 0 Å². The van der Waals surface area contributed by atoms with Gasteiger partial charge in [-0.1, -0.05) is 6.07 Å². The second kappa shape index (κ2) is 5.01. The van der Waals surface area contributed by atoms with Crippen molar-refractivity contribution in [3.63, 3.8) is 0 Å². The molecule has 3 aromatic rings. The summed E-state index contributed by atoms with van der Waals surface area (Å²) < 4.78 is 43.0. The largest absolute Gasteiger partial charge is 0.433 e. The molecule has 0 spiro atoms. The number of hydrogen-bond acceptors (Lipinski definition) is 4. The Kier molecular flexibility index (Phi) is 3.17. The van der Waals surface area contributed by atoms with Gasteiger partial charge in [-0.05, 0) is 30.3 Å². The van der Waals surface area contributed by atoms with Crippen molar-refractivity contribution in [3.05, 3.63) is 54.5 Å². The highest BCUT2D eigenvalue weighted by Gasteiger charge is 2.33. The number of alkyl halides is 3. The average Bonchev–Trinajstić information content (AvgIpc) is 2.46. The summed E-state index contributed by atoms with van der Waals surface area (Å²) in [5, 5.41) is 0.807. The van der Waals surface area contributed by atoms with Crippen molar-refractivity contribution in [2.75, 3.05) is 0 Å². The van der Waals surface area contributed by atoms with E-state index in [0.717, 1.165) is 23.2 Å². The van der Waals surface area contributed by atoms with Gasteiger partial charge in [-0.3, -0.25) is 4.98 Å². The van der Waals surface area contributed by atoms with Crippen LogP contribution in [0.2, 0.25) is 0 Å². The molecule has 0 bridgehead atoms. The van der Waals surface area contributed by atoms with Crippen molar-refractivity contribution in [2.45, 2.75) is 6.18 Å². The quantitative estimate of drug-likeness (QED) is 0.720. The van der Waals surface area contributed by atoms with Gasteiger partial charge in [-0.25, -0.2) is 4.98 Å². The standard InChI is InChI=1S/C14H8F3N3O/c15-14(16,17)12-5-7-19-13(20-12)21-10-3-4-11-9(8-10)2-1-6-18-11/h1-8H. The number of benzene rings is 1. The number of fused-ring (bicyclic) bond motifs is 1. The van der Waals surface area contributed by atoms with Crippen LogP contribution in [0.15, 0.2) is 48.8 Å². The van der Waals surface area contributed by atoms with Crippen LogP contribution < -0.4 is 4.74 Å². The van der Waals surface area contributed by atoms with Gasteiger partial charge in [0, 0.05) is 17.8 Å². The average molecular weight is 291 g/mol. The molecule has 2 aromatic heterocycles. The molecule has 4 nitrogen and oxygen atoms in total. The van der Waals surface area contributed by atoms with Crippen molar-refractivity contribution < 1.29 is 17.9 Å². The van der Waals surface area contributed by atoms with Crippen LogP contribution in [0.4, 0.5) is 13.2 Å². The van der Waals surface area contributed by atoms with E-state index in [1.807, 2.05) is 6.07 Å². The maximum absolute atomic E-state index is 12.6. The molecule has 7 heteroatoms. The summed E-state index contributed by atoms with van der Waals surface area (Å²) in [6.07, 6.45) is -1.87. The first-order valence-corrected chi connectivity index (χ1v) is 5.95. The highest BCUT2D eigenvalue weighted by molar-refractivity contribution is 5.79. The summed E-state index contributed by atoms with van der Waals surface area (Å²) in [6, 6.07) is 8.98. The minimum absolute atomic E-state index is 0.342. The van der Waals surface area contributed by atoms with Gasteiger partial charge in [-0.15, -0.1) is 0 Å². The lowest BCUT2D eigenvalue weighted by atomic mass is 10.2. The fourth-order valence-electron chi connectivity index (χ4n) is 1.77. The van der Waals surface area contributed by atoms with Gasteiger partial charge in [0.2, 0.25) is 0 Å². The van der Waals surface area contributed by atoms with Crippen LogP contribution in [-0.4, -0.2) is 15.0 Å². The van der Waals surface area contributed by atoms with Crippen LogP contribution in [0.25, 0.3) is 10.9 Å². The first-order valence-electron chi connectivity index (χ1n) is 5.95. The monoisotopic (exact) mass is 291 g/mol.